The summed E-state index contributed by atoms with van der Waals surface area (Å²) in [6.45, 7) is 22.4. The summed E-state index contributed by atoms with van der Waals surface area (Å²) in [7, 11) is 0. The van der Waals surface area contributed by atoms with Crippen LogP contribution in [0.5, 0.6) is 0 Å². The van der Waals surface area contributed by atoms with Crippen molar-refractivity contribution in [2.45, 2.75) is 92.2 Å². The van der Waals surface area contributed by atoms with E-state index in [2.05, 4.69) is 87.4 Å². The lowest BCUT2D eigenvalue weighted by Crippen LogP contribution is -2.32. The van der Waals surface area contributed by atoms with Gasteiger partial charge in [0, 0.05) is 5.56 Å². The first kappa shape index (κ1) is 19.0. The first-order chi connectivity index (χ1) is 10.7. The summed E-state index contributed by atoms with van der Waals surface area (Å²) in [6.07, 6.45) is 0.122. The molecule has 1 aromatic carbocycles. The van der Waals surface area contributed by atoms with E-state index < -0.39 is 0 Å². The van der Waals surface area contributed by atoms with Crippen LogP contribution in [0.2, 0.25) is 0 Å². The zero-order chi connectivity index (χ0) is 18.5. The average Bonchev–Trinajstić information content (AvgIpc) is 2.78. The summed E-state index contributed by atoms with van der Waals surface area (Å²) in [5, 5.41) is 0. The van der Waals surface area contributed by atoms with Gasteiger partial charge in [0.05, 0.1) is 6.04 Å². The second-order valence-electron chi connectivity index (χ2n) is 10.4. The topological polar surface area (TPSA) is 21.6 Å². The van der Waals surface area contributed by atoms with E-state index in [1.807, 2.05) is 0 Å². The molecular formula is C22H35NO. The van der Waals surface area contributed by atoms with Crippen molar-refractivity contribution in [1.29, 1.82) is 0 Å². The molecule has 2 rings (SSSR count). The molecule has 2 nitrogen and oxygen atoms in total. The normalized spacial score (nSPS) is 22.3. The van der Waals surface area contributed by atoms with Crippen molar-refractivity contribution in [2.24, 2.45) is 10.4 Å². The highest BCUT2D eigenvalue weighted by molar-refractivity contribution is 5.96. The Labute approximate surface area is 148 Å². The molecule has 1 aliphatic rings. The Morgan fingerprint density at radius 1 is 0.792 bits per heavy atom. The first-order valence-electron chi connectivity index (χ1n) is 9.10. The Bertz CT molecular complexity index is 603. The van der Waals surface area contributed by atoms with Crippen molar-refractivity contribution in [2.75, 3.05) is 0 Å². The maximum Gasteiger partial charge on any atom is 0.216 e. The molecule has 2 heteroatoms. The van der Waals surface area contributed by atoms with Crippen molar-refractivity contribution in [1.82, 2.24) is 0 Å². The molecule has 2 atom stereocenters. The fraction of sp³-hybridized carbons (Fsp3) is 0.682. The van der Waals surface area contributed by atoms with Gasteiger partial charge in [0.15, 0.2) is 0 Å². The molecular weight excluding hydrogens is 294 g/mol. The summed E-state index contributed by atoms with van der Waals surface area (Å²) in [5.41, 5.74) is 4.10. The molecule has 0 saturated carbocycles. The number of ether oxygens (including phenoxy) is 1. The van der Waals surface area contributed by atoms with E-state index >= 15 is 0 Å². The molecule has 0 aliphatic carbocycles. The third-order valence-corrected chi connectivity index (χ3v) is 4.80. The standard InChI is InChI=1S/C22H35NO/c1-14-18(22(8,9)10)23-19(24-14)15-11-16(20(2,3)4)13-17(12-15)21(5,6)7/h11-14,18H,1-10H3. The van der Waals surface area contributed by atoms with Crippen LogP contribution in [0.1, 0.15) is 85.9 Å². The third-order valence-electron chi connectivity index (χ3n) is 4.80. The van der Waals surface area contributed by atoms with Gasteiger partial charge in [-0.1, -0.05) is 68.4 Å². The van der Waals surface area contributed by atoms with Gasteiger partial charge in [-0.05, 0) is 46.4 Å². The van der Waals surface area contributed by atoms with Crippen molar-refractivity contribution in [3.63, 3.8) is 0 Å². The Morgan fingerprint density at radius 3 is 1.58 bits per heavy atom. The number of benzene rings is 1. The summed E-state index contributed by atoms with van der Waals surface area (Å²) in [4.78, 5) is 4.95. The number of nitrogens with zero attached hydrogens (tertiary/aromatic N) is 1. The van der Waals surface area contributed by atoms with E-state index in [1.54, 1.807) is 0 Å². The van der Waals surface area contributed by atoms with E-state index in [0.717, 1.165) is 11.5 Å². The zero-order valence-corrected chi connectivity index (χ0v) is 17.2. The molecule has 0 saturated heterocycles. The Balaban J connectivity index is 2.55. The minimum absolute atomic E-state index is 0.101. The van der Waals surface area contributed by atoms with Crippen molar-refractivity contribution >= 4 is 5.90 Å². The zero-order valence-electron chi connectivity index (χ0n) is 17.2. The first-order valence-corrected chi connectivity index (χ1v) is 9.10. The van der Waals surface area contributed by atoms with Crippen molar-refractivity contribution in [3.8, 4) is 0 Å². The third kappa shape index (κ3) is 4.02. The number of hydrogen-bond acceptors (Lipinski definition) is 2. The van der Waals surface area contributed by atoms with Gasteiger partial charge >= 0.3 is 0 Å². The van der Waals surface area contributed by atoms with E-state index in [0.29, 0.717) is 0 Å². The summed E-state index contributed by atoms with van der Waals surface area (Å²) < 4.78 is 6.17. The van der Waals surface area contributed by atoms with Gasteiger partial charge < -0.3 is 4.74 Å². The fourth-order valence-corrected chi connectivity index (χ4v) is 3.16. The van der Waals surface area contributed by atoms with E-state index in [1.165, 1.54) is 11.1 Å². The molecule has 0 amide bonds. The van der Waals surface area contributed by atoms with Crippen LogP contribution in [-0.2, 0) is 15.6 Å². The minimum atomic E-state index is 0.101. The van der Waals surface area contributed by atoms with Gasteiger partial charge in [0.1, 0.15) is 6.10 Å². The molecule has 134 valence electrons. The van der Waals surface area contributed by atoms with Gasteiger partial charge in [-0.2, -0.15) is 0 Å². The van der Waals surface area contributed by atoms with Crippen LogP contribution in [0.15, 0.2) is 23.2 Å². The minimum Gasteiger partial charge on any atom is -0.472 e. The SMILES string of the molecule is CC1OC(c2cc(C(C)(C)C)cc(C(C)(C)C)c2)=NC1C(C)(C)C. The molecule has 2 unspecified atom stereocenters. The molecule has 0 radical (unpaired) electrons. The van der Waals surface area contributed by atoms with Gasteiger partial charge in [-0.25, -0.2) is 4.99 Å². The van der Waals surface area contributed by atoms with Crippen LogP contribution in [0, 0.1) is 5.41 Å². The largest absolute Gasteiger partial charge is 0.472 e. The maximum absolute atomic E-state index is 6.17. The lowest BCUT2D eigenvalue weighted by molar-refractivity contribution is 0.154. The highest BCUT2D eigenvalue weighted by Gasteiger charge is 2.37. The Hall–Kier alpha value is -1.31. The molecule has 1 heterocycles. The highest BCUT2D eigenvalue weighted by Crippen LogP contribution is 2.34. The van der Waals surface area contributed by atoms with E-state index in [-0.39, 0.29) is 28.4 Å². The lowest BCUT2D eigenvalue weighted by atomic mass is 9.79. The molecule has 1 aromatic rings. The molecule has 24 heavy (non-hydrogen) atoms. The van der Waals surface area contributed by atoms with Crippen LogP contribution >= 0.6 is 0 Å². The monoisotopic (exact) mass is 329 g/mol. The van der Waals surface area contributed by atoms with Gasteiger partial charge in [-0.3, -0.25) is 0 Å². The predicted octanol–water partition coefficient (Wildman–Crippen LogP) is 5.86. The number of hydrogen-bond donors (Lipinski definition) is 0. The lowest BCUT2D eigenvalue weighted by Gasteiger charge is -2.26. The molecule has 0 spiro atoms. The van der Waals surface area contributed by atoms with Gasteiger partial charge in [0.25, 0.3) is 0 Å². The molecule has 1 aliphatic heterocycles. The summed E-state index contributed by atoms with van der Waals surface area (Å²) >= 11 is 0. The summed E-state index contributed by atoms with van der Waals surface area (Å²) in [6, 6.07) is 7.05. The van der Waals surface area contributed by atoms with Crippen LogP contribution < -0.4 is 0 Å². The van der Waals surface area contributed by atoms with Gasteiger partial charge in [0.2, 0.25) is 5.90 Å². The molecule has 0 bridgehead atoms. The molecule has 0 aromatic heterocycles. The predicted molar refractivity (Wildman–Crippen MR) is 104 cm³/mol. The van der Waals surface area contributed by atoms with Crippen LogP contribution in [-0.4, -0.2) is 18.0 Å². The fourth-order valence-electron chi connectivity index (χ4n) is 3.16. The smallest absolute Gasteiger partial charge is 0.216 e. The van der Waals surface area contributed by atoms with E-state index in [4.69, 9.17) is 9.73 Å². The van der Waals surface area contributed by atoms with Crippen LogP contribution in [0.25, 0.3) is 0 Å². The second-order valence-corrected chi connectivity index (χ2v) is 10.4. The number of aliphatic imine (C=N–C) groups is 1. The highest BCUT2D eigenvalue weighted by atomic mass is 16.5. The maximum atomic E-state index is 6.17. The van der Waals surface area contributed by atoms with Crippen molar-refractivity contribution < 1.29 is 4.74 Å². The van der Waals surface area contributed by atoms with Gasteiger partial charge in [-0.15, -0.1) is 0 Å². The number of rotatable bonds is 1. The molecule has 0 fully saturated rings. The Kier molecular flexibility index (Phi) is 4.67. The van der Waals surface area contributed by atoms with Crippen LogP contribution in [0.3, 0.4) is 0 Å². The van der Waals surface area contributed by atoms with E-state index in [9.17, 15) is 0 Å². The molecule has 0 N–H and O–H groups in total. The second kappa shape index (κ2) is 5.89. The van der Waals surface area contributed by atoms with Crippen molar-refractivity contribution in [3.05, 3.63) is 34.9 Å². The quantitative estimate of drug-likeness (QED) is 0.632. The summed E-state index contributed by atoms with van der Waals surface area (Å²) in [5.74, 6) is 0.805. The average molecular weight is 330 g/mol. The Morgan fingerprint density at radius 2 is 1.25 bits per heavy atom. The van der Waals surface area contributed by atoms with Crippen LogP contribution in [0.4, 0.5) is 0 Å².